The van der Waals surface area contributed by atoms with Crippen LogP contribution in [0.2, 0.25) is 0 Å². The molecule has 20 heavy (non-hydrogen) atoms. The van der Waals surface area contributed by atoms with Crippen molar-refractivity contribution in [3.05, 3.63) is 30.1 Å². The van der Waals surface area contributed by atoms with Gasteiger partial charge in [0.15, 0.2) is 5.82 Å². The van der Waals surface area contributed by atoms with Gasteiger partial charge in [-0.25, -0.2) is 15.0 Å². The molecule has 2 heterocycles. The predicted octanol–water partition coefficient (Wildman–Crippen LogP) is 0.943. The smallest absolute Gasteiger partial charge is 0.252 e. The molecule has 0 aromatic carbocycles. The molecule has 7 nitrogen and oxygen atoms in total. The zero-order valence-electron chi connectivity index (χ0n) is 11.3. The largest absolute Gasteiger partial charge is 0.307 e. The van der Waals surface area contributed by atoms with E-state index in [0.29, 0.717) is 11.5 Å². The molecular weight excluding hydrogens is 274 g/mol. The molecule has 0 aliphatic rings. The van der Waals surface area contributed by atoms with E-state index in [1.165, 1.54) is 18.7 Å². The van der Waals surface area contributed by atoms with Gasteiger partial charge in [0.05, 0.1) is 24.0 Å². The molecule has 0 aliphatic heterocycles. The van der Waals surface area contributed by atoms with Crippen molar-refractivity contribution >= 4 is 11.8 Å². The highest BCUT2D eigenvalue weighted by Crippen LogP contribution is 2.11. The minimum atomic E-state index is 0.0453. The summed E-state index contributed by atoms with van der Waals surface area (Å²) in [6, 6.07) is 2.03. The van der Waals surface area contributed by atoms with Crippen molar-refractivity contribution in [1.29, 1.82) is 5.26 Å². The summed E-state index contributed by atoms with van der Waals surface area (Å²) in [7, 11) is 0. The van der Waals surface area contributed by atoms with Crippen LogP contribution < -0.4 is 5.32 Å². The van der Waals surface area contributed by atoms with Crippen molar-refractivity contribution in [3.63, 3.8) is 0 Å². The van der Waals surface area contributed by atoms with E-state index in [0.717, 1.165) is 18.1 Å². The zero-order valence-corrected chi connectivity index (χ0v) is 12.1. The van der Waals surface area contributed by atoms with Crippen molar-refractivity contribution < 1.29 is 0 Å². The average Bonchev–Trinajstić information content (AvgIpc) is 2.97. The summed E-state index contributed by atoms with van der Waals surface area (Å²) < 4.78 is 1.58. The lowest BCUT2D eigenvalue weighted by atomic mass is 10.3. The maximum Gasteiger partial charge on any atom is 0.252 e. The molecule has 0 bridgehead atoms. The molecule has 2 aromatic heterocycles. The van der Waals surface area contributed by atoms with Gasteiger partial charge in [0, 0.05) is 12.3 Å². The Kier molecular flexibility index (Phi) is 5.03. The highest BCUT2D eigenvalue weighted by molar-refractivity contribution is 7.98. The molecule has 0 fully saturated rings. The molecule has 104 valence electrons. The third-order valence-electron chi connectivity index (χ3n) is 2.67. The fraction of sp³-hybridized carbons (Fsp3) is 0.417. The van der Waals surface area contributed by atoms with Gasteiger partial charge >= 0.3 is 0 Å². The van der Waals surface area contributed by atoms with Crippen LogP contribution in [-0.2, 0) is 0 Å². The van der Waals surface area contributed by atoms with E-state index in [1.807, 2.05) is 13.0 Å². The van der Waals surface area contributed by atoms with Crippen LogP contribution in [-0.4, -0.2) is 43.3 Å². The van der Waals surface area contributed by atoms with Gasteiger partial charge in [-0.3, -0.25) is 0 Å². The Morgan fingerprint density at radius 3 is 2.80 bits per heavy atom. The van der Waals surface area contributed by atoms with E-state index < -0.39 is 0 Å². The monoisotopic (exact) mass is 289 g/mol. The van der Waals surface area contributed by atoms with Crippen LogP contribution in [0.5, 0.6) is 0 Å². The molecule has 1 unspecified atom stereocenters. The van der Waals surface area contributed by atoms with E-state index in [-0.39, 0.29) is 6.04 Å². The molecule has 0 radical (unpaired) electrons. The molecule has 0 aliphatic carbocycles. The number of nitrogens with one attached hydrogen (secondary N) is 1. The maximum absolute atomic E-state index is 8.75. The fourth-order valence-electron chi connectivity index (χ4n) is 1.66. The van der Waals surface area contributed by atoms with E-state index in [1.54, 1.807) is 16.4 Å². The lowest BCUT2D eigenvalue weighted by Crippen LogP contribution is -2.24. The van der Waals surface area contributed by atoms with Crippen LogP contribution in [0.15, 0.2) is 18.7 Å². The molecule has 2 rings (SSSR count). The summed E-state index contributed by atoms with van der Waals surface area (Å²) in [5.74, 6) is 2.19. The molecular formula is C12H15N7S. The normalized spacial score (nSPS) is 12.1. The first-order chi connectivity index (χ1) is 9.76. The van der Waals surface area contributed by atoms with Gasteiger partial charge in [-0.05, 0) is 13.2 Å². The van der Waals surface area contributed by atoms with Crippen molar-refractivity contribution in [2.75, 3.05) is 18.6 Å². The first-order valence-corrected chi connectivity index (χ1v) is 7.50. The van der Waals surface area contributed by atoms with Crippen LogP contribution in [0.1, 0.15) is 24.4 Å². The number of hydrogen-bond donors (Lipinski definition) is 1. The molecule has 0 amide bonds. The second-order valence-corrected chi connectivity index (χ2v) is 5.07. The summed E-state index contributed by atoms with van der Waals surface area (Å²) in [6.45, 7) is 2.91. The summed E-state index contributed by atoms with van der Waals surface area (Å²) >= 11 is 1.78. The lowest BCUT2D eigenvalue weighted by molar-refractivity contribution is 0.547. The Morgan fingerprint density at radius 2 is 2.15 bits per heavy atom. The molecule has 2 aromatic rings. The van der Waals surface area contributed by atoms with Crippen molar-refractivity contribution in [2.45, 2.75) is 13.0 Å². The average molecular weight is 289 g/mol. The Balaban J connectivity index is 2.17. The van der Waals surface area contributed by atoms with Gasteiger partial charge < -0.3 is 5.32 Å². The van der Waals surface area contributed by atoms with Crippen molar-refractivity contribution in [2.24, 2.45) is 0 Å². The van der Waals surface area contributed by atoms with Crippen LogP contribution in [0.4, 0.5) is 0 Å². The summed E-state index contributed by atoms with van der Waals surface area (Å²) in [6.07, 6.45) is 6.49. The SMILES string of the molecule is CSCCNC(C)c1ncnn1-c1ncc(C#N)cn1. The molecule has 0 saturated carbocycles. The molecule has 0 saturated heterocycles. The topological polar surface area (TPSA) is 92.3 Å². The second kappa shape index (κ2) is 6.98. The summed E-state index contributed by atoms with van der Waals surface area (Å²) in [5, 5.41) is 16.3. The number of nitriles is 1. The third kappa shape index (κ3) is 3.31. The van der Waals surface area contributed by atoms with Crippen LogP contribution in [0.3, 0.4) is 0 Å². The van der Waals surface area contributed by atoms with Gasteiger partial charge in [0.1, 0.15) is 12.4 Å². The van der Waals surface area contributed by atoms with Gasteiger partial charge in [-0.1, -0.05) is 0 Å². The predicted molar refractivity (Wildman–Crippen MR) is 76.5 cm³/mol. The quantitative estimate of drug-likeness (QED) is 0.791. The number of hydrogen-bond acceptors (Lipinski definition) is 7. The van der Waals surface area contributed by atoms with Gasteiger partial charge in [-0.15, -0.1) is 0 Å². The number of nitrogens with zero attached hydrogens (tertiary/aromatic N) is 6. The Labute approximate surface area is 121 Å². The van der Waals surface area contributed by atoms with E-state index >= 15 is 0 Å². The Bertz CT molecular complexity index is 587. The second-order valence-electron chi connectivity index (χ2n) is 4.08. The molecule has 0 spiro atoms. The molecule has 8 heteroatoms. The maximum atomic E-state index is 8.75. The van der Waals surface area contributed by atoms with E-state index in [4.69, 9.17) is 5.26 Å². The minimum absolute atomic E-state index is 0.0453. The number of aromatic nitrogens is 5. The summed E-state index contributed by atoms with van der Waals surface area (Å²) in [5.41, 5.74) is 0.418. The van der Waals surface area contributed by atoms with Crippen LogP contribution in [0.25, 0.3) is 5.95 Å². The standard InChI is InChI=1S/C12H15N7S/c1-9(14-3-4-20-2)11-17-8-18-19(11)12-15-6-10(5-13)7-16-12/h6-9,14H,3-4H2,1-2H3. The zero-order chi connectivity index (χ0) is 14.4. The third-order valence-corrected chi connectivity index (χ3v) is 3.29. The van der Waals surface area contributed by atoms with Crippen LogP contribution >= 0.6 is 11.8 Å². The Hall–Kier alpha value is -1.98. The minimum Gasteiger partial charge on any atom is -0.307 e. The van der Waals surface area contributed by atoms with Gasteiger partial charge in [0.25, 0.3) is 5.95 Å². The van der Waals surface area contributed by atoms with E-state index in [2.05, 4.69) is 31.6 Å². The lowest BCUT2D eigenvalue weighted by Gasteiger charge is -2.13. The Morgan fingerprint density at radius 1 is 1.40 bits per heavy atom. The summed E-state index contributed by atoms with van der Waals surface area (Å²) in [4.78, 5) is 12.5. The van der Waals surface area contributed by atoms with E-state index in [9.17, 15) is 0 Å². The van der Waals surface area contributed by atoms with Gasteiger partial charge in [-0.2, -0.15) is 26.8 Å². The van der Waals surface area contributed by atoms with Crippen LogP contribution in [0, 0.1) is 11.3 Å². The fourth-order valence-corrected chi connectivity index (χ4v) is 1.98. The number of thioether (sulfide) groups is 1. The highest BCUT2D eigenvalue weighted by atomic mass is 32.2. The first-order valence-electron chi connectivity index (χ1n) is 6.11. The first kappa shape index (κ1) is 14.4. The molecule has 1 N–H and O–H groups in total. The number of rotatable bonds is 6. The van der Waals surface area contributed by atoms with Crippen molar-refractivity contribution in [1.82, 2.24) is 30.0 Å². The van der Waals surface area contributed by atoms with Gasteiger partial charge in [0.2, 0.25) is 0 Å². The molecule has 1 atom stereocenters. The van der Waals surface area contributed by atoms with Crippen molar-refractivity contribution in [3.8, 4) is 12.0 Å². The highest BCUT2D eigenvalue weighted by Gasteiger charge is 2.15.